The Morgan fingerprint density at radius 2 is 1.95 bits per heavy atom. The number of nitrogens with zero attached hydrogens (tertiary/aromatic N) is 2. The zero-order valence-electron chi connectivity index (χ0n) is 11.5. The molecule has 0 aliphatic heterocycles. The van der Waals surface area contributed by atoms with Gasteiger partial charge in [0.25, 0.3) is 0 Å². The topological polar surface area (TPSA) is 26.5 Å². The van der Waals surface area contributed by atoms with E-state index in [-0.39, 0.29) is 0 Å². The number of aromatic nitrogens is 2. The number of benzene rings is 2. The molecule has 0 radical (unpaired) electrons. The second-order valence-corrected chi connectivity index (χ2v) is 5.39. The van der Waals surface area contributed by atoms with Gasteiger partial charge in [0.2, 0.25) is 0 Å². The van der Waals surface area contributed by atoms with E-state index in [9.17, 15) is 0 Å². The first-order valence-electron chi connectivity index (χ1n) is 6.88. The Balaban J connectivity index is 2.10. The third-order valence-electron chi connectivity index (χ3n) is 3.63. The van der Waals surface area contributed by atoms with Crippen molar-refractivity contribution in [1.82, 2.24) is 9.38 Å². The fourth-order valence-electron chi connectivity index (χ4n) is 2.76. The first-order chi connectivity index (χ1) is 10.3. The molecule has 0 aliphatic rings. The fraction of sp³-hybridized carbons (Fsp3) is 0.118. The van der Waals surface area contributed by atoms with Crippen molar-refractivity contribution in [3.8, 4) is 5.75 Å². The average Bonchev–Trinajstić information content (AvgIpc) is 2.85. The molecule has 4 rings (SSSR count). The molecule has 0 fully saturated rings. The van der Waals surface area contributed by atoms with Gasteiger partial charge in [0.05, 0.1) is 34.9 Å². The van der Waals surface area contributed by atoms with Crippen LogP contribution in [0.3, 0.4) is 0 Å². The second kappa shape index (κ2) is 4.64. The lowest BCUT2D eigenvalue weighted by Gasteiger charge is -2.05. The van der Waals surface area contributed by atoms with Crippen LogP contribution in [0, 0.1) is 0 Å². The maximum atomic E-state index is 6.05. The van der Waals surface area contributed by atoms with Gasteiger partial charge in [-0.2, -0.15) is 0 Å². The van der Waals surface area contributed by atoms with E-state index in [2.05, 4.69) is 27.6 Å². The van der Waals surface area contributed by atoms with Gasteiger partial charge in [0.15, 0.2) is 0 Å². The van der Waals surface area contributed by atoms with Gasteiger partial charge in [-0.1, -0.05) is 11.6 Å². The van der Waals surface area contributed by atoms with Gasteiger partial charge in [-0.3, -0.25) is 4.98 Å². The van der Waals surface area contributed by atoms with Crippen LogP contribution in [0.5, 0.6) is 5.75 Å². The molecular weight excluding hydrogens is 284 g/mol. The number of hydrogen-bond acceptors (Lipinski definition) is 2. The maximum Gasteiger partial charge on any atom is 0.120 e. The van der Waals surface area contributed by atoms with Crippen molar-refractivity contribution in [2.45, 2.75) is 6.92 Å². The van der Waals surface area contributed by atoms with Crippen LogP contribution in [0.25, 0.3) is 27.5 Å². The van der Waals surface area contributed by atoms with Gasteiger partial charge in [-0.05, 0) is 49.4 Å². The molecule has 0 saturated heterocycles. The van der Waals surface area contributed by atoms with Crippen LogP contribution < -0.4 is 4.74 Å². The molecule has 104 valence electrons. The molecule has 0 N–H and O–H groups in total. The van der Waals surface area contributed by atoms with E-state index in [0.29, 0.717) is 11.6 Å². The van der Waals surface area contributed by atoms with E-state index in [1.807, 2.05) is 37.4 Å². The Labute approximate surface area is 126 Å². The largest absolute Gasteiger partial charge is 0.494 e. The second-order valence-electron chi connectivity index (χ2n) is 4.95. The third-order valence-corrected chi connectivity index (χ3v) is 3.86. The van der Waals surface area contributed by atoms with E-state index in [1.54, 1.807) is 0 Å². The van der Waals surface area contributed by atoms with Crippen molar-refractivity contribution in [1.29, 1.82) is 0 Å². The summed E-state index contributed by atoms with van der Waals surface area (Å²) in [6.45, 7) is 2.66. The van der Waals surface area contributed by atoms with Gasteiger partial charge < -0.3 is 9.14 Å². The Morgan fingerprint density at radius 1 is 1.10 bits per heavy atom. The van der Waals surface area contributed by atoms with Crippen molar-refractivity contribution in [3.63, 3.8) is 0 Å². The fourth-order valence-corrected chi connectivity index (χ4v) is 2.93. The zero-order chi connectivity index (χ0) is 14.4. The standard InChI is InChI=1S/C17H13ClN2O/c1-2-21-14-4-6-16-11(8-14)7-13-10-19-15-9-12(18)3-5-17(15)20(13)16/h3-10H,2H2,1H3. The summed E-state index contributed by atoms with van der Waals surface area (Å²) < 4.78 is 7.77. The van der Waals surface area contributed by atoms with Gasteiger partial charge in [-0.25, -0.2) is 0 Å². The Kier molecular flexibility index (Phi) is 2.76. The summed E-state index contributed by atoms with van der Waals surface area (Å²) in [5.74, 6) is 0.890. The van der Waals surface area contributed by atoms with Gasteiger partial charge in [0, 0.05) is 10.4 Å². The average molecular weight is 297 g/mol. The summed E-state index contributed by atoms with van der Waals surface area (Å²) in [6.07, 6.45) is 1.87. The Bertz CT molecular complexity index is 975. The van der Waals surface area contributed by atoms with Gasteiger partial charge >= 0.3 is 0 Å². The highest BCUT2D eigenvalue weighted by atomic mass is 35.5. The molecule has 0 atom stereocenters. The highest BCUT2D eigenvalue weighted by molar-refractivity contribution is 6.31. The van der Waals surface area contributed by atoms with Gasteiger partial charge in [0.1, 0.15) is 5.75 Å². The molecule has 0 aliphatic carbocycles. The number of fused-ring (bicyclic) bond motifs is 5. The molecule has 2 aromatic carbocycles. The van der Waals surface area contributed by atoms with Crippen LogP contribution in [0.15, 0.2) is 48.7 Å². The van der Waals surface area contributed by atoms with Crippen molar-refractivity contribution in [3.05, 3.63) is 53.7 Å². The lowest BCUT2D eigenvalue weighted by Crippen LogP contribution is -1.92. The summed E-state index contributed by atoms with van der Waals surface area (Å²) in [6, 6.07) is 14.1. The number of hydrogen-bond donors (Lipinski definition) is 0. The molecule has 3 nitrogen and oxygen atoms in total. The monoisotopic (exact) mass is 296 g/mol. The predicted molar refractivity (Wildman–Crippen MR) is 86.4 cm³/mol. The summed E-state index contributed by atoms with van der Waals surface area (Å²) >= 11 is 6.05. The van der Waals surface area contributed by atoms with Crippen LogP contribution >= 0.6 is 11.6 Å². The Morgan fingerprint density at radius 3 is 2.81 bits per heavy atom. The molecule has 0 saturated carbocycles. The molecular formula is C17H13ClN2O. The predicted octanol–water partition coefficient (Wildman–Crippen LogP) is 4.69. The van der Waals surface area contributed by atoms with E-state index < -0.39 is 0 Å². The van der Waals surface area contributed by atoms with Crippen molar-refractivity contribution < 1.29 is 4.74 Å². The quantitative estimate of drug-likeness (QED) is 0.536. The lowest BCUT2D eigenvalue weighted by atomic mass is 10.2. The van der Waals surface area contributed by atoms with Crippen molar-refractivity contribution >= 4 is 39.1 Å². The minimum absolute atomic E-state index is 0.669. The minimum atomic E-state index is 0.669. The van der Waals surface area contributed by atoms with Crippen LogP contribution in [0.1, 0.15) is 6.92 Å². The maximum absolute atomic E-state index is 6.05. The molecule has 0 amide bonds. The summed E-state index contributed by atoms with van der Waals surface area (Å²) in [5.41, 5.74) is 4.15. The summed E-state index contributed by atoms with van der Waals surface area (Å²) in [4.78, 5) is 4.49. The first-order valence-corrected chi connectivity index (χ1v) is 7.26. The van der Waals surface area contributed by atoms with Gasteiger partial charge in [-0.15, -0.1) is 0 Å². The highest BCUT2D eigenvalue weighted by Crippen LogP contribution is 2.28. The van der Waals surface area contributed by atoms with Crippen LogP contribution in [0.4, 0.5) is 0 Å². The van der Waals surface area contributed by atoms with E-state index >= 15 is 0 Å². The molecule has 2 heterocycles. The van der Waals surface area contributed by atoms with Crippen LogP contribution in [-0.2, 0) is 0 Å². The molecule has 21 heavy (non-hydrogen) atoms. The molecule has 4 heteroatoms. The zero-order valence-corrected chi connectivity index (χ0v) is 12.3. The van der Waals surface area contributed by atoms with Crippen molar-refractivity contribution in [2.75, 3.05) is 6.61 Å². The normalized spacial score (nSPS) is 11.5. The van der Waals surface area contributed by atoms with E-state index in [4.69, 9.17) is 16.3 Å². The van der Waals surface area contributed by atoms with Crippen molar-refractivity contribution in [2.24, 2.45) is 0 Å². The lowest BCUT2D eigenvalue weighted by molar-refractivity contribution is 0.341. The number of ether oxygens (including phenoxy) is 1. The minimum Gasteiger partial charge on any atom is -0.494 e. The molecule has 4 aromatic rings. The van der Waals surface area contributed by atoms with E-state index in [0.717, 1.165) is 33.2 Å². The van der Waals surface area contributed by atoms with Crippen LogP contribution in [0.2, 0.25) is 5.02 Å². The van der Waals surface area contributed by atoms with Crippen LogP contribution in [-0.4, -0.2) is 16.0 Å². The number of halogens is 1. The number of rotatable bonds is 2. The summed E-state index contributed by atoms with van der Waals surface area (Å²) in [7, 11) is 0. The highest BCUT2D eigenvalue weighted by Gasteiger charge is 2.08. The molecule has 2 aromatic heterocycles. The molecule has 0 bridgehead atoms. The first kappa shape index (κ1) is 12.5. The smallest absolute Gasteiger partial charge is 0.120 e. The summed E-state index contributed by atoms with van der Waals surface area (Å²) in [5, 5.41) is 1.84. The third kappa shape index (κ3) is 1.93. The van der Waals surface area contributed by atoms with E-state index in [1.165, 1.54) is 0 Å². The Hall–Kier alpha value is -2.26. The molecule has 0 unspecified atom stereocenters. The molecule has 0 spiro atoms. The SMILES string of the molecule is CCOc1ccc2c(c1)cc1cnc3cc(Cl)ccc3n12.